The molecule has 2 nitrogen and oxygen atoms in total. The van der Waals surface area contributed by atoms with Gasteiger partial charge in [-0.1, -0.05) is 13.0 Å². The smallest absolute Gasteiger partial charge is 0.115 e. The van der Waals surface area contributed by atoms with Gasteiger partial charge in [-0.3, -0.25) is 0 Å². The van der Waals surface area contributed by atoms with Crippen molar-refractivity contribution in [2.45, 2.75) is 32.5 Å². The van der Waals surface area contributed by atoms with E-state index < -0.39 is 0 Å². The molecule has 0 fully saturated rings. The number of phenols is 1. The number of fused-ring (bicyclic) bond motifs is 1. The Morgan fingerprint density at radius 1 is 1.54 bits per heavy atom. The fourth-order valence-corrected chi connectivity index (χ4v) is 1.82. The van der Waals surface area contributed by atoms with E-state index in [2.05, 4.69) is 13.8 Å². The van der Waals surface area contributed by atoms with Gasteiger partial charge >= 0.3 is 0 Å². The molecule has 0 saturated carbocycles. The summed E-state index contributed by atoms with van der Waals surface area (Å²) in [6, 6.07) is 5.47. The van der Waals surface area contributed by atoms with E-state index in [1.54, 1.807) is 12.1 Å². The number of ether oxygens (including phenoxy) is 1. The summed E-state index contributed by atoms with van der Waals surface area (Å²) in [6.45, 7) is 4.83. The third-order valence-corrected chi connectivity index (χ3v) is 2.88. The third-order valence-electron chi connectivity index (χ3n) is 2.88. The Morgan fingerprint density at radius 2 is 2.31 bits per heavy atom. The van der Waals surface area contributed by atoms with E-state index in [1.807, 2.05) is 6.07 Å². The largest absolute Gasteiger partial charge is 0.508 e. The van der Waals surface area contributed by atoms with E-state index >= 15 is 0 Å². The van der Waals surface area contributed by atoms with Crippen LogP contribution in [-0.2, 0) is 16.9 Å². The fraction of sp³-hybridized carbons (Fsp3) is 0.455. The van der Waals surface area contributed by atoms with Crippen molar-refractivity contribution in [2.75, 3.05) is 0 Å². The fourth-order valence-electron chi connectivity index (χ4n) is 1.82. The molecule has 2 heteroatoms. The molecule has 0 amide bonds. The molecule has 1 heterocycles. The molecule has 1 aromatic rings. The van der Waals surface area contributed by atoms with Crippen molar-refractivity contribution in [1.29, 1.82) is 0 Å². The molecule has 0 bridgehead atoms. The quantitative estimate of drug-likeness (QED) is 0.716. The number of hydrogen-bond acceptors (Lipinski definition) is 2. The molecule has 1 N–H and O–H groups in total. The van der Waals surface area contributed by atoms with E-state index in [1.165, 1.54) is 5.56 Å². The van der Waals surface area contributed by atoms with Crippen LogP contribution in [0.1, 0.15) is 31.4 Å². The molecule has 1 aliphatic heterocycles. The molecule has 2 rings (SSSR count). The average Bonchev–Trinajstić information content (AvgIpc) is 2.45. The van der Waals surface area contributed by atoms with Crippen molar-refractivity contribution in [3.63, 3.8) is 0 Å². The minimum Gasteiger partial charge on any atom is -0.508 e. The van der Waals surface area contributed by atoms with Crippen molar-refractivity contribution in [2.24, 2.45) is 0 Å². The van der Waals surface area contributed by atoms with Crippen LogP contribution in [0.15, 0.2) is 18.2 Å². The minimum atomic E-state index is -0.150. The summed E-state index contributed by atoms with van der Waals surface area (Å²) < 4.78 is 5.70. The topological polar surface area (TPSA) is 29.5 Å². The van der Waals surface area contributed by atoms with Gasteiger partial charge in [0.25, 0.3) is 0 Å². The van der Waals surface area contributed by atoms with Crippen molar-refractivity contribution >= 4 is 0 Å². The van der Waals surface area contributed by atoms with Gasteiger partial charge in [-0.25, -0.2) is 0 Å². The number of rotatable bonds is 1. The second-order valence-electron chi connectivity index (χ2n) is 3.71. The van der Waals surface area contributed by atoms with E-state index in [-0.39, 0.29) is 5.60 Å². The maximum absolute atomic E-state index is 9.28. The first-order valence-electron chi connectivity index (χ1n) is 4.62. The zero-order chi connectivity index (χ0) is 9.47. The van der Waals surface area contributed by atoms with Crippen LogP contribution in [0.3, 0.4) is 0 Å². The molecule has 1 aliphatic rings. The monoisotopic (exact) mass is 178 g/mol. The molecule has 13 heavy (non-hydrogen) atoms. The number of hydrogen-bond donors (Lipinski definition) is 1. The van der Waals surface area contributed by atoms with Gasteiger partial charge in [-0.2, -0.15) is 0 Å². The van der Waals surface area contributed by atoms with Crippen molar-refractivity contribution in [3.05, 3.63) is 29.3 Å². The Balaban J connectivity index is 2.49. The van der Waals surface area contributed by atoms with Crippen molar-refractivity contribution in [1.82, 2.24) is 0 Å². The predicted octanol–water partition coefficient (Wildman–Crippen LogP) is 2.55. The lowest BCUT2D eigenvalue weighted by Crippen LogP contribution is -2.18. The SMILES string of the molecule is CCC1(C)OCc2cc(O)ccc21. The Hall–Kier alpha value is -1.02. The van der Waals surface area contributed by atoms with Crippen LogP contribution in [0, 0.1) is 0 Å². The van der Waals surface area contributed by atoms with Crippen LogP contribution in [0.2, 0.25) is 0 Å². The highest BCUT2D eigenvalue weighted by Gasteiger charge is 2.33. The Morgan fingerprint density at radius 3 is 3.00 bits per heavy atom. The summed E-state index contributed by atoms with van der Waals surface area (Å²) in [4.78, 5) is 0. The second-order valence-corrected chi connectivity index (χ2v) is 3.71. The first kappa shape index (κ1) is 8.57. The standard InChI is InChI=1S/C11H14O2/c1-3-11(2)10-5-4-9(12)6-8(10)7-13-11/h4-6,12H,3,7H2,1-2H3. The highest BCUT2D eigenvalue weighted by Crippen LogP contribution is 2.39. The number of benzene rings is 1. The highest BCUT2D eigenvalue weighted by molar-refractivity contribution is 5.40. The lowest BCUT2D eigenvalue weighted by molar-refractivity contribution is -0.0259. The maximum atomic E-state index is 9.28. The van der Waals surface area contributed by atoms with Gasteiger partial charge < -0.3 is 9.84 Å². The summed E-state index contributed by atoms with van der Waals surface area (Å²) in [5.74, 6) is 0.322. The Bertz CT molecular complexity index is 333. The minimum absolute atomic E-state index is 0.150. The van der Waals surface area contributed by atoms with E-state index in [0.29, 0.717) is 12.4 Å². The molecule has 1 atom stereocenters. The molecular weight excluding hydrogens is 164 g/mol. The molecule has 0 saturated heterocycles. The van der Waals surface area contributed by atoms with Crippen LogP contribution in [0.25, 0.3) is 0 Å². The van der Waals surface area contributed by atoms with Crippen LogP contribution >= 0.6 is 0 Å². The van der Waals surface area contributed by atoms with Gasteiger partial charge in [0.05, 0.1) is 12.2 Å². The molecule has 0 spiro atoms. The van der Waals surface area contributed by atoms with Crippen LogP contribution in [-0.4, -0.2) is 5.11 Å². The second kappa shape index (κ2) is 2.74. The Labute approximate surface area is 78.2 Å². The Kier molecular flexibility index (Phi) is 1.81. The summed E-state index contributed by atoms with van der Waals surface area (Å²) in [6.07, 6.45) is 0.963. The van der Waals surface area contributed by atoms with Crippen molar-refractivity contribution in [3.8, 4) is 5.75 Å². The van der Waals surface area contributed by atoms with Crippen LogP contribution in [0.4, 0.5) is 0 Å². The van der Waals surface area contributed by atoms with Gasteiger partial charge in [-0.05, 0) is 36.6 Å². The first-order chi connectivity index (χ1) is 6.15. The summed E-state index contributed by atoms with van der Waals surface area (Å²) in [5.41, 5.74) is 2.18. The van der Waals surface area contributed by atoms with E-state index in [0.717, 1.165) is 12.0 Å². The third kappa shape index (κ3) is 1.22. The number of aromatic hydroxyl groups is 1. The lowest BCUT2D eigenvalue weighted by Gasteiger charge is -2.22. The molecule has 0 aromatic heterocycles. The summed E-state index contributed by atoms with van der Waals surface area (Å²) in [7, 11) is 0. The highest BCUT2D eigenvalue weighted by atomic mass is 16.5. The first-order valence-corrected chi connectivity index (χ1v) is 4.62. The predicted molar refractivity (Wildman–Crippen MR) is 50.5 cm³/mol. The van der Waals surface area contributed by atoms with Crippen molar-refractivity contribution < 1.29 is 9.84 Å². The molecule has 70 valence electrons. The van der Waals surface area contributed by atoms with Crippen LogP contribution in [0.5, 0.6) is 5.75 Å². The van der Waals surface area contributed by atoms with Gasteiger partial charge in [0.1, 0.15) is 5.75 Å². The average molecular weight is 178 g/mol. The van der Waals surface area contributed by atoms with E-state index in [9.17, 15) is 5.11 Å². The van der Waals surface area contributed by atoms with Gasteiger partial charge in [0, 0.05) is 0 Å². The van der Waals surface area contributed by atoms with Gasteiger partial charge in [-0.15, -0.1) is 0 Å². The van der Waals surface area contributed by atoms with E-state index in [4.69, 9.17) is 4.74 Å². The molecular formula is C11H14O2. The van der Waals surface area contributed by atoms with Gasteiger partial charge in [0.15, 0.2) is 0 Å². The van der Waals surface area contributed by atoms with Crippen LogP contribution < -0.4 is 0 Å². The normalized spacial score (nSPS) is 26.0. The number of phenolic OH excluding ortho intramolecular Hbond substituents is 1. The molecule has 1 unspecified atom stereocenters. The lowest BCUT2D eigenvalue weighted by atomic mass is 9.92. The summed E-state index contributed by atoms with van der Waals surface area (Å²) >= 11 is 0. The zero-order valence-electron chi connectivity index (χ0n) is 8.00. The molecule has 0 radical (unpaired) electrons. The molecule has 1 aromatic carbocycles. The zero-order valence-corrected chi connectivity index (χ0v) is 8.00. The summed E-state index contributed by atoms with van der Waals surface area (Å²) in [5, 5.41) is 9.28. The maximum Gasteiger partial charge on any atom is 0.115 e. The molecule has 0 aliphatic carbocycles. The van der Waals surface area contributed by atoms with Gasteiger partial charge in [0.2, 0.25) is 0 Å².